The van der Waals surface area contributed by atoms with E-state index in [2.05, 4.69) is 26.3 Å². The number of nitrogens with one attached hydrogen (secondary N) is 1. The molecule has 1 unspecified atom stereocenters. The van der Waals surface area contributed by atoms with E-state index in [-0.39, 0.29) is 12.6 Å². The van der Waals surface area contributed by atoms with Crippen molar-refractivity contribution in [1.82, 2.24) is 15.1 Å². The second kappa shape index (κ2) is 7.25. The molecule has 0 spiro atoms. The predicted octanol–water partition coefficient (Wildman–Crippen LogP) is 2.80. The van der Waals surface area contributed by atoms with E-state index in [1.807, 2.05) is 6.92 Å². The van der Waals surface area contributed by atoms with Gasteiger partial charge in [-0.3, -0.25) is 4.68 Å². The van der Waals surface area contributed by atoms with E-state index < -0.39 is 12.8 Å². The monoisotopic (exact) mass is 343 g/mol. The molecule has 4 nitrogen and oxygen atoms in total. The Hall–Kier alpha value is -0.600. The van der Waals surface area contributed by atoms with Crippen molar-refractivity contribution in [3.8, 4) is 0 Å². The van der Waals surface area contributed by atoms with Crippen molar-refractivity contribution in [2.45, 2.75) is 25.6 Å². The maximum atomic E-state index is 12.1. The van der Waals surface area contributed by atoms with E-state index in [1.54, 1.807) is 17.9 Å². The van der Waals surface area contributed by atoms with Crippen LogP contribution < -0.4 is 5.32 Å². The summed E-state index contributed by atoms with van der Waals surface area (Å²) in [7, 11) is 1.74. The van der Waals surface area contributed by atoms with Gasteiger partial charge in [0.2, 0.25) is 0 Å². The Kier molecular flexibility index (Phi) is 6.28. The van der Waals surface area contributed by atoms with E-state index >= 15 is 0 Å². The number of aryl methyl sites for hydroxylation is 1. The minimum Gasteiger partial charge on any atom is -0.370 e. The molecule has 0 aliphatic carbocycles. The maximum Gasteiger partial charge on any atom is 0.411 e. The maximum absolute atomic E-state index is 12.1. The molecule has 1 rings (SSSR count). The Labute approximate surface area is 118 Å². The van der Waals surface area contributed by atoms with Crippen LogP contribution in [0.2, 0.25) is 0 Å². The molecule has 1 atom stereocenters. The van der Waals surface area contributed by atoms with E-state index in [1.165, 1.54) is 0 Å². The lowest BCUT2D eigenvalue weighted by molar-refractivity contribution is -0.175. The molecule has 0 aliphatic rings. The molecule has 0 amide bonds. The standard InChI is InChI=1S/C11H17BrF3N3O/c1-3-4-16-9(6-19-7-11(13,14)15)10-8(12)5-17-18(10)2/h5,9,16H,3-4,6-7H2,1-2H3. The van der Waals surface area contributed by atoms with E-state index in [4.69, 9.17) is 4.74 Å². The van der Waals surface area contributed by atoms with Gasteiger partial charge in [0.25, 0.3) is 0 Å². The van der Waals surface area contributed by atoms with Gasteiger partial charge >= 0.3 is 6.18 Å². The SMILES string of the molecule is CCCNC(COCC(F)(F)F)c1c(Br)cnn1C. The van der Waals surface area contributed by atoms with Gasteiger partial charge in [0.1, 0.15) is 6.61 Å². The third-order valence-electron chi connectivity index (χ3n) is 2.46. The molecule has 1 aromatic rings. The second-order valence-electron chi connectivity index (χ2n) is 4.14. The van der Waals surface area contributed by atoms with Crippen molar-refractivity contribution < 1.29 is 17.9 Å². The highest BCUT2D eigenvalue weighted by Gasteiger charge is 2.28. The summed E-state index contributed by atoms with van der Waals surface area (Å²) < 4.78 is 43.4. The zero-order valence-electron chi connectivity index (χ0n) is 10.8. The number of alkyl halides is 3. The summed E-state index contributed by atoms with van der Waals surface area (Å²) in [4.78, 5) is 0. The van der Waals surface area contributed by atoms with Crippen molar-refractivity contribution in [2.24, 2.45) is 7.05 Å². The molecule has 1 heterocycles. The van der Waals surface area contributed by atoms with Crippen LogP contribution in [0.1, 0.15) is 25.1 Å². The molecule has 0 fully saturated rings. The molecule has 0 saturated carbocycles. The quantitative estimate of drug-likeness (QED) is 0.827. The van der Waals surface area contributed by atoms with Crippen LogP contribution in [-0.4, -0.2) is 35.7 Å². The Balaban J connectivity index is 2.67. The molecule has 8 heteroatoms. The fraction of sp³-hybridized carbons (Fsp3) is 0.727. The Morgan fingerprint density at radius 2 is 2.21 bits per heavy atom. The molecule has 1 aromatic heterocycles. The van der Waals surface area contributed by atoms with Gasteiger partial charge in [0.05, 0.1) is 29.0 Å². The zero-order chi connectivity index (χ0) is 14.5. The summed E-state index contributed by atoms with van der Waals surface area (Å²) in [6.07, 6.45) is -1.82. The van der Waals surface area contributed by atoms with Gasteiger partial charge < -0.3 is 10.1 Å². The fourth-order valence-electron chi connectivity index (χ4n) is 1.66. The normalized spacial score (nSPS) is 13.8. The van der Waals surface area contributed by atoms with Gasteiger partial charge in [-0.1, -0.05) is 6.92 Å². The van der Waals surface area contributed by atoms with Crippen molar-refractivity contribution in [1.29, 1.82) is 0 Å². The molecule has 0 aliphatic heterocycles. The van der Waals surface area contributed by atoms with Crippen LogP contribution in [-0.2, 0) is 11.8 Å². The number of ether oxygens (including phenoxy) is 1. The van der Waals surface area contributed by atoms with Gasteiger partial charge in [0.15, 0.2) is 0 Å². The lowest BCUT2D eigenvalue weighted by atomic mass is 10.2. The number of hydrogen-bond acceptors (Lipinski definition) is 3. The molecule has 0 bridgehead atoms. The molecular weight excluding hydrogens is 327 g/mol. The lowest BCUT2D eigenvalue weighted by Crippen LogP contribution is -2.30. The highest BCUT2D eigenvalue weighted by atomic mass is 79.9. The minimum absolute atomic E-state index is 0.0579. The van der Waals surface area contributed by atoms with Crippen molar-refractivity contribution in [3.63, 3.8) is 0 Å². The molecule has 19 heavy (non-hydrogen) atoms. The van der Waals surface area contributed by atoms with Crippen LogP contribution in [0.3, 0.4) is 0 Å². The topological polar surface area (TPSA) is 39.1 Å². The molecule has 0 aromatic carbocycles. The smallest absolute Gasteiger partial charge is 0.370 e. The van der Waals surface area contributed by atoms with Crippen LogP contribution in [0.4, 0.5) is 13.2 Å². The third kappa shape index (κ3) is 5.50. The Morgan fingerprint density at radius 3 is 2.68 bits per heavy atom. The fourth-order valence-corrected chi connectivity index (χ4v) is 2.28. The lowest BCUT2D eigenvalue weighted by Gasteiger charge is -2.20. The highest BCUT2D eigenvalue weighted by molar-refractivity contribution is 9.10. The Bertz CT molecular complexity index is 376. The van der Waals surface area contributed by atoms with Crippen LogP contribution in [0.5, 0.6) is 0 Å². The summed E-state index contributed by atoms with van der Waals surface area (Å²) in [5.41, 5.74) is 0.774. The average molecular weight is 344 g/mol. The van der Waals surface area contributed by atoms with Crippen molar-refractivity contribution in [2.75, 3.05) is 19.8 Å². The first-order valence-electron chi connectivity index (χ1n) is 5.90. The number of rotatable bonds is 7. The summed E-state index contributed by atoms with van der Waals surface area (Å²) in [6, 6.07) is -0.329. The zero-order valence-corrected chi connectivity index (χ0v) is 12.4. The van der Waals surface area contributed by atoms with Crippen LogP contribution >= 0.6 is 15.9 Å². The van der Waals surface area contributed by atoms with Crippen molar-refractivity contribution in [3.05, 3.63) is 16.4 Å². The van der Waals surface area contributed by atoms with E-state index in [0.29, 0.717) is 6.54 Å². The summed E-state index contributed by atoms with van der Waals surface area (Å²) >= 11 is 3.34. The van der Waals surface area contributed by atoms with E-state index in [0.717, 1.165) is 16.6 Å². The number of nitrogens with zero attached hydrogens (tertiary/aromatic N) is 2. The second-order valence-corrected chi connectivity index (χ2v) is 4.99. The van der Waals surface area contributed by atoms with Gasteiger partial charge in [0, 0.05) is 7.05 Å². The first-order chi connectivity index (χ1) is 8.85. The van der Waals surface area contributed by atoms with Crippen molar-refractivity contribution >= 4 is 15.9 Å². The summed E-state index contributed by atoms with van der Waals surface area (Å²) in [5.74, 6) is 0. The van der Waals surface area contributed by atoms with Gasteiger partial charge in [-0.25, -0.2) is 0 Å². The summed E-state index contributed by atoms with van der Waals surface area (Å²) in [5, 5.41) is 7.21. The molecular formula is C11H17BrF3N3O. The average Bonchev–Trinajstić information content (AvgIpc) is 2.62. The first kappa shape index (κ1) is 16.5. The highest BCUT2D eigenvalue weighted by Crippen LogP contribution is 2.24. The summed E-state index contributed by atoms with van der Waals surface area (Å²) in [6.45, 7) is 1.38. The van der Waals surface area contributed by atoms with E-state index in [9.17, 15) is 13.2 Å². The first-order valence-corrected chi connectivity index (χ1v) is 6.69. The number of aromatic nitrogens is 2. The van der Waals surface area contributed by atoms with Gasteiger partial charge in [-0.05, 0) is 28.9 Å². The Morgan fingerprint density at radius 1 is 1.53 bits per heavy atom. The minimum atomic E-state index is -4.31. The van der Waals surface area contributed by atoms with Gasteiger partial charge in [-0.15, -0.1) is 0 Å². The number of halogens is 4. The molecule has 110 valence electrons. The van der Waals surface area contributed by atoms with Crippen LogP contribution in [0, 0.1) is 0 Å². The number of hydrogen-bond donors (Lipinski definition) is 1. The third-order valence-corrected chi connectivity index (χ3v) is 3.07. The largest absolute Gasteiger partial charge is 0.411 e. The van der Waals surface area contributed by atoms with Crippen LogP contribution in [0.15, 0.2) is 10.7 Å². The van der Waals surface area contributed by atoms with Gasteiger partial charge in [-0.2, -0.15) is 18.3 Å². The van der Waals surface area contributed by atoms with Crippen LogP contribution in [0.25, 0.3) is 0 Å². The molecule has 0 saturated heterocycles. The molecule has 0 radical (unpaired) electrons. The molecule has 1 N–H and O–H groups in total. The predicted molar refractivity (Wildman–Crippen MR) is 68.8 cm³/mol.